The van der Waals surface area contributed by atoms with Crippen LogP contribution in [0.1, 0.15) is 56.5 Å². The summed E-state index contributed by atoms with van der Waals surface area (Å²) in [6.45, 7) is 11.3. The lowest BCUT2D eigenvalue weighted by Gasteiger charge is -2.29. The number of esters is 1. The highest BCUT2D eigenvalue weighted by atomic mass is 16.5. The smallest absolute Gasteiger partial charge is 0.338 e. The minimum absolute atomic E-state index is 0.0133. The van der Waals surface area contributed by atoms with Crippen LogP contribution in [0.2, 0.25) is 0 Å². The van der Waals surface area contributed by atoms with Crippen molar-refractivity contribution >= 4 is 11.7 Å². The molecule has 3 aromatic carbocycles. The molecule has 5 nitrogen and oxygen atoms in total. The third-order valence-corrected chi connectivity index (χ3v) is 6.62. The van der Waals surface area contributed by atoms with Crippen LogP contribution in [0, 0.1) is 0 Å². The Bertz CT molecular complexity index is 1190. The molecule has 0 unspecified atom stereocenters. The number of nitrogens with zero attached hydrogens (tertiary/aromatic N) is 1. The van der Waals surface area contributed by atoms with Crippen LogP contribution in [-0.2, 0) is 10.2 Å². The first-order chi connectivity index (χ1) is 17.3. The highest BCUT2D eigenvalue weighted by Crippen LogP contribution is 2.40. The molecule has 1 N–H and O–H groups in total. The summed E-state index contributed by atoms with van der Waals surface area (Å²) in [5.74, 6) is 0.426. The molecule has 1 aliphatic heterocycles. The summed E-state index contributed by atoms with van der Waals surface area (Å²) in [6, 6.07) is 20.3. The summed E-state index contributed by atoms with van der Waals surface area (Å²) in [7, 11) is 0. The van der Waals surface area contributed by atoms with Crippen molar-refractivity contribution in [3.8, 4) is 28.0 Å². The van der Waals surface area contributed by atoms with E-state index >= 15 is 0 Å². The zero-order valence-corrected chi connectivity index (χ0v) is 21.8. The molecule has 5 heteroatoms. The summed E-state index contributed by atoms with van der Waals surface area (Å²) in [5, 5.41) is 9.37. The largest absolute Gasteiger partial charge is 0.491 e. The van der Waals surface area contributed by atoms with Gasteiger partial charge in [0.1, 0.15) is 12.4 Å². The van der Waals surface area contributed by atoms with Crippen molar-refractivity contribution in [1.82, 2.24) is 0 Å². The fourth-order valence-corrected chi connectivity index (χ4v) is 4.77. The van der Waals surface area contributed by atoms with Crippen LogP contribution in [0.5, 0.6) is 5.75 Å². The summed E-state index contributed by atoms with van der Waals surface area (Å²) in [5.41, 5.74) is 7.25. The van der Waals surface area contributed by atoms with Gasteiger partial charge in [-0.05, 0) is 83.8 Å². The van der Waals surface area contributed by atoms with Crippen molar-refractivity contribution < 1.29 is 19.4 Å². The van der Waals surface area contributed by atoms with Crippen molar-refractivity contribution in [2.75, 3.05) is 37.8 Å². The Balaban J connectivity index is 1.76. The molecule has 0 aromatic heterocycles. The van der Waals surface area contributed by atoms with Gasteiger partial charge in [-0.15, -0.1) is 0 Å². The number of ether oxygens (including phenoxy) is 2. The van der Waals surface area contributed by atoms with Gasteiger partial charge in [-0.25, -0.2) is 4.79 Å². The van der Waals surface area contributed by atoms with E-state index in [1.807, 2.05) is 24.3 Å². The average molecular weight is 488 g/mol. The minimum Gasteiger partial charge on any atom is -0.491 e. The summed E-state index contributed by atoms with van der Waals surface area (Å²) < 4.78 is 11.1. The van der Waals surface area contributed by atoms with Crippen molar-refractivity contribution in [2.45, 2.75) is 46.0 Å². The maximum atomic E-state index is 12.0. The molecule has 36 heavy (non-hydrogen) atoms. The standard InChI is InChI=1S/C31H37NO4/c1-5-35-30(34)23-10-8-22(9-11-23)24-13-15-29(36-19-18-33)26(20-24)25-12-14-28(32-16-6-7-17-32)27(21-25)31(2,3)4/h8-15,20-21,33H,5-7,16-19H2,1-4H3. The lowest BCUT2D eigenvalue weighted by molar-refractivity contribution is 0.0526. The number of hydrogen-bond donors (Lipinski definition) is 1. The number of hydrogen-bond acceptors (Lipinski definition) is 5. The Labute approximate surface area is 214 Å². The Kier molecular flexibility index (Phi) is 8.00. The van der Waals surface area contributed by atoms with Gasteiger partial charge >= 0.3 is 5.97 Å². The molecule has 190 valence electrons. The second kappa shape index (κ2) is 11.2. The lowest BCUT2D eigenvalue weighted by Crippen LogP contribution is -2.23. The quantitative estimate of drug-likeness (QED) is 0.369. The van der Waals surface area contributed by atoms with E-state index in [0.29, 0.717) is 12.2 Å². The maximum Gasteiger partial charge on any atom is 0.338 e. The van der Waals surface area contributed by atoms with Crippen LogP contribution in [0.3, 0.4) is 0 Å². The van der Waals surface area contributed by atoms with Gasteiger partial charge in [0, 0.05) is 24.3 Å². The second-order valence-corrected chi connectivity index (χ2v) is 10.3. The van der Waals surface area contributed by atoms with E-state index in [-0.39, 0.29) is 24.6 Å². The Morgan fingerprint density at radius 1 is 0.917 bits per heavy atom. The molecule has 0 spiro atoms. The fourth-order valence-electron chi connectivity index (χ4n) is 4.77. The number of benzene rings is 3. The molecule has 0 bridgehead atoms. The van der Waals surface area contributed by atoms with Crippen molar-refractivity contribution in [1.29, 1.82) is 0 Å². The van der Waals surface area contributed by atoms with E-state index in [2.05, 4.69) is 49.9 Å². The minimum atomic E-state index is -0.315. The molecule has 4 rings (SSSR count). The first-order valence-electron chi connectivity index (χ1n) is 12.9. The molecule has 3 aromatic rings. The van der Waals surface area contributed by atoms with Gasteiger partial charge in [0.25, 0.3) is 0 Å². The summed E-state index contributed by atoms with van der Waals surface area (Å²) >= 11 is 0. The molecule has 1 heterocycles. The predicted molar refractivity (Wildman–Crippen MR) is 146 cm³/mol. The molecular weight excluding hydrogens is 450 g/mol. The molecule has 0 amide bonds. The van der Waals surface area contributed by atoms with E-state index < -0.39 is 0 Å². The normalized spacial score (nSPS) is 13.6. The molecular formula is C31H37NO4. The average Bonchev–Trinajstić information content (AvgIpc) is 3.42. The summed E-state index contributed by atoms with van der Waals surface area (Å²) in [4.78, 5) is 14.5. The molecule has 0 aliphatic carbocycles. The number of aliphatic hydroxyl groups is 1. The maximum absolute atomic E-state index is 12.0. The van der Waals surface area contributed by atoms with Gasteiger partial charge in [0.2, 0.25) is 0 Å². The number of carbonyl (C=O) groups is 1. The predicted octanol–water partition coefficient (Wildman–Crippen LogP) is 6.47. The first kappa shape index (κ1) is 25.8. The Morgan fingerprint density at radius 2 is 1.58 bits per heavy atom. The Morgan fingerprint density at radius 3 is 2.22 bits per heavy atom. The van der Waals surface area contributed by atoms with Crippen molar-refractivity contribution in [3.05, 3.63) is 71.8 Å². The monoisotopic (exact) mass is 487 g/mol. The van der Waals surface area contributed by atoms with Gasteiger partial charge in [-0.2, -0.15) is 0 Å². The molecule has 1 saturated heterocycles. The fraction of sp³-hybridized carbons (Fsp3) is 0.387. The highest BCUT2D eigenvalue weighted by Gasteiger charge is 2.24. The number of aliphatic hydroxyl groups excluding tert-OH is 1. The van der Waals surface area contributed by atoms with Crippen LogP contribution in [-0.4, -0.2) is 44.0 Å². The van der Waals surface area contributed by atoms with Crippen molar-refractivity contribution in [3.63, 3.8) is 0 Å². The summed E-state index contributed by atoms with van der Waals surface area (Å²) in [6.07, 6.45) is 2.48. The van der Waals surface area contributed by atoms with Crippen LogP contribution in [0.25, 0.3) is 22.3 Å². The van der Waals surface area contributed by atoms with Crippen LogP contribution < -0.4 is 9.64 Å². The zero-order chi connectivity index (χ0) is 25.7. The Hall–Kier alpha value is -3.31. The van der Waals surface area contributed by atoms with E-state index in [1.165, 1.54) is 24.1 Å². The van der Waals surface area contributed by atoms with Gasteiger partial charge in [0.15, 0.2) is 0 Å². The van der Waals surface area contributed by atoms with Crippen molar-refractivity contribution in [2.24, 2.45) is 0 Å². The lowest BCUT2D eigenvalue weighted by atomic mass is 9.83. The molecule has 1 fully saturated rings. The molecule has 1 aliphatic rings. The number of rotatable bonds is 8. The highest BCUT2D eigenvalue weighted by molar-refractivity contribution is 5.90. The third-order valence-electron chi connectivity index (χ3n) is 6.62. The molecule has 0 atom stereocenters. The van der Waals surface area contributed by atoms with Gasteiger partial charge < -0.3 is 19.5 Å². The van der Waals surface area contributed by atoms with E-state index in [9.17, 15) is 9.90 Å². The van der Waals surface area contributed by atoms with E-state index in [0.717, 1.165) is 41.1 Å². The third kappa shape index (κ3) is 5.73. The zero-order valence-electron chi connectivity index (χ0n) is 21.8. The molecule has 0 radical (unpaired) electrons. The van der Waals surface area contributed by atoms with E-state index in [1.54, 1.807) is 19.1 Å². The van der Waals surface area contributed by atoms with Gasteiger partial charge in [0.05, 0.1) is 18.8 Å². The topological polar surface area (TPSA) is 59.0 Å². The SMILES string of the molecule is CCOC(=O)c1ccc(-c2ccc(OCCO)c(-c3ccc(N4CCCC4)c(C(C)(C)C)c3)c2)cc1. The second-order valence-electron chi connectivity index (χ2n) is 10.3. The first-order valence-corrected chi connectivity index (χ1v) is 12.9. The van der Waals surface area contributed by atoms with Crippen LogP contribution in [0.4, 0.5) is 5.69 Å². The number of anilines is 1. The molecule has 0 saturated carbocycles. The van der Waals surface area contributed by atoms with Crippen LogP contribution in [0.15, 0.2) is 60.7 Å². The van der Waals surface area contributed by atoms with Crippen LogP contribution >= 0.6 is 0 Å². The van der Waals surface area contributed by atoms with E-state index in [4.69, 9.17) is 9.47 Å². The number of carbonyl (C=O) groups excluding carboxylic acids is 1. The van der Waals surface area contributed by atoms with Gasteiger partial charge in [-0.1, -0.05) is 45.0 Å². The van der Waals surface area contributed by atoms with Gasteiger partial charge in [-0.3, -0.25) is 0 Å².